The number of rotatable bonds is 3. The fourth-order valence-electron chi connectivity index (χ4n) is 2.94. The average Bonchev–Trinajstić information content (AvgIpc) is 3.20. The normalized spacial score (nSPS) is 14.6. The van der Waals surface area contributed by atoms with Crippen LogP contribution < -0.4 is 10.2 Å². The van der Waals surface area contributed by atoms with Gasteiger partial charge in [-0.2, -0.15) is 15.1 Å². The second kappa shape index (κ2) is 5.53. The molecule has 118 valence electrons. The Morgan fingerprint density at radius 3 is 2.52 bits per heavy atom. The topological polar surface area (TPSA) is 58.9 Å². The third-order valence-electron chi connectivity index (χ3n) is 4.28. The number of benzene rings is 1. The van der Waals surface area contributed by atoms with Gasteiger partial charge in [-0.05, 0) is 31.9 Å². The maximum absolute atomic E-state index is 4.76. The van der Waals surface area contributed by atoms with Gasteiger partial charge in [0.25, 0.3) is 0 Å². The summed E-state index contributed by atoms with van der Waals surface area (Å²) in [6, 6.07) is 8.31. The minimum atomic E-state index is 0.785. The maximum Gasteiger partial charge on any atom is 0.229 e. The first-order chi connectivity index (χ1) is 11.2. The highest BCUT2D eigenvalue weighted by Gasteiger charge is 2.19. The van der Waals surface area contributed by atoms with E-state index in [2.05, 4.69) is 46.5 Å². The van der Waals surface area contributed by atoms with Crippen molar-refractivity contribution in [2.45, 2.75) is 19.8 Å². The van der Waals surface area contributed by atoms with Crippen LogP contribution in [-0.2, 0) is 7.05 Å². The van der Waals surface area contributed by atoms with Crippen molar-refractivity contribution in [1.82, 2.24) is 19.7 Å². The van der Waals surface area contributed by atoms with Crippen LogP contribution in [0.5, 0.6) is 0 Å². The van der Waals surface area contributed by atoms with Crippen molar-refractivity contribution in [2.24, 2.45) is 7.05 Å². The highest BCUT2D eigenvalue weighted by atomic mass is 15.3. The zero-order chi connectivity index (χ0) is 15.8. The lowest BCUT2D eigenvalue weighted by Crippen LogP contribution is -2.21. The monoisotopic (exact) mass is 308 g/mol. The number of hydrogen-bond acceptors (Lipinski definition) is 5. The number of nitrogens with one attached hydrogen (secondary N) is 1. The molecular formula is C17H20N6. The zero-order valence-corrected chi connectivity index (χ0v) is 13.5. The molecular weight excluding hydrogens is 288 g/mol. The lowest BCUT2D eigenvalue weighted by Gasteiger charge is -2.17. The van der Waals surface area contributed by atoms with Crippen molar-refractivity contribution < 1.29 is 0 Å². The highest BCUT2D eigenvalue weighted by Crippen LogP contribution is 2.27. The quantitative estimate of drug-likeness (QED) is 0.806. The Labute approximate surface area is 135 Å². The Kier molecular flexibility index (Phi) is 3.37. The Morgan fingerprint density at radius 2 is 1.78 bits per heavy atom. The molecule has 1 fully saturated rings. The SMILES string of the molecule is Cc1ccc(Nc2nc(N3CCCC3)nc3c2cnn3C)cc1. The van der Waals surface area contributed by atoms with Gasteiger partial charge in [0.15, 0.2) is 5.65 Å². The molecule has 0 saturated carbocycles. The van der Waals surface area contributed by atoms with Gasteiger partial charge in [0.1, 0.15) is 5.82 Å². The molecule has 1 N–H and O–H groups in total. The molecule has 1 aromatic carbocycles. The van der Waals surface area contributed by atoms with Crippen LogP contribution in [0.3, 0.4) is 0 Å². The third kappa shape index (κ3) is 2.60. The standard InChI is InChI=1S/C17H20N6/c1-12-5-7-13(8-6-12)19-15-14-11-18-22(2)16(14)21-17(20-15)23-9-3-4-10-23/h5-8,11H,3-4,9-10H2,1-2H3,(H,19,20,21). The summed E-state index contributed by atoms with van der Waals surface area (Å²) < 4.78 is 1.80. The molecule has 3 heterocycles. The van der Waals surface area contributed by atoms with E-state index in [9.17, 15) is 0 Å². The first-order valence-electron chi connectivity index (χ1n) is 7.99. The van der Waals surface area contributed by atoms with Crippen LogP contribution in [-0.4, -0.2) is 32.8 Å². The average molecular weight is 308 g/mol. The van der Waals surface area contributed by atoms with E-state index >= 15 is 0 Å². The molecule has 1 saturated heterocycles. The smallest absolute Gasteiger partial charge is 0.229 e. The van der Waals surface area contributed by atoms with E-state index in [-0.39, 0.29) is 0 Å². The molecule has 6 heteroatoms. The fraction of sp³-hybridized carbons (Fsp3) is 0.353. The maximum atomic E-state index is 4.76. The van der Waals surface area contributed by atoms with Gasteiger partial charge in [0.2, 0.25) is 5.95 Å². The van der Waals surface area contributed by atoms with Crippen molar-refractivity contribution in [3.8, 4) is 0 Å². The predicted octanol–water partition coefficient (Wildman–Crippen LogP) is 3.02. The molecule has 1 aliphatic rings. The van der Waals surface area contributed by atoms with Crippen molar-refractivity contribution >= 4 is 28.5 Å². The molecule has 0 unspecified atom stereocenters. The summed E-state index contributed by atoms with van der Waals surface area (Å²) in [6.45, 7) is 4.12. The van der Waals surface area contributed by atoms with Gasteiger partial charge in [0, 0.05) is 25.8 Å². The zero-order valence-electron chi connectivity index (χ0n) is 13.5. The summed E-state index contributed by atoms with van der Waals surface area (Å²) >= 11 is 0. The van der Waals surface area contributed by atoms with Gasteiger partial charge in [0.05, 0.1) is 11.6 Å². The molecule has 0 spiro atoms. The van der Waals surface area contributed by atoms with Gasteiger partial charge in [-0.1, -0.05) is 17.7 Å². The summed E-state index contributed by atoms with van der Waals surface area (Å²) in [7, 11) is 1.92. The lowest BCUT2D eigenvalue weighted by atomic mass is 10.2. The molecule has 23 heavy (non-hydrogen) atoms. The van der Waals surface area contributed by atoms with Gasteiger partial charge >= 0.3 is 0 Å². The minimum absolute atomic E-state index is 0.785. The van der Waals surface area contributed by atoms with E-state index in [1.165, 1.54) is 18.4 Å². The Balaban J connectivity index is 1.78. The van der Waals surface area contributed by atoms with E-state index in [4.69, 9.17) is 9.97 Å². The first-order valence-corrected chi connectivity index (χ1v) is 7.99. The molecule has 1 aliphatic heterocycles. The molecule has 0 bridgehead atoms. The van der Waals surface area contributed by atoms with Crippen LogP contribution in [0.25, 0.3) is 11.0 Å². The predicted molar refractivity (Wildman–Crippen MR) is 92.2 cm³/mol. The second-order valence-electron chi connectivity index (χ2n) is 6.06. The second-order valence-corrected chi connectivity index (χ2v) is 6.06. The van der Waals surface area contributed by atoms with Gasteiger partial charge < -0.3 is 10.2 Å². The van der Waals surface area contributed by atoms with E-state index in [1.807, 2.05) is 13.2 Å². The summed E-state index contributed by atoms with van der Waals surface area (Å²) in [5, 5.41) is 8.70. The van der Waals surface area contributed by atoms with Crippen molar-refractivity contribution in [1.29, 1.82) is 0 Å². The highest BCUT2D eigenvalue weighted by molar-refractivity contribution is 5.89. The number of hydrogen-bond donors (Lipinski definition) is 1. The Morgan fingerprint density at radius 1 is 1.04 bits per heavy atom. The molecule has 3 aromatic rings. The number of aryl methyl sites for hydroxylation is 2. The van der Waals surface area contributed by atoms with Crippen molar-refractivity contribution in [3.05, 3.63) is 36.0 Å². The van der Waals surface area contributed by atoms with Gasteiger partial charge in [-0.25, -0.2) is 0 Å². The number of anilines is 3. The number of aromatic nitrogens is 4. The molecule has 0 atom stereocenters. The third-order valence-corrected chi connectivity index (χ3v) is 4.28. The summed E-state index contributed by atoms with van der Waals surface area (Å²) in [4.78, 5) is 11.7. The number of fused-ring (bicyclic) bond motifs is 1. The van der Waals surface area contributed by atoms with Crippen molar-refractivity contribution in [2.75, 3.05) is 23.3 Å². The summed E-state index contributed by atoms with van der Waals surface area (Å²) in [5.41, 5.74) is 3.12. The van der Waals surface area contributed by atoms with Crippen LogP contribution in [0, 0.1) is 6.92 Å². The molecule has 6 nitrogen and oxygen atoms in total. The van der Waals surface area contributed by atoms with Gasteiger partial charge in [-0.15, -0.1) is 0 Å². The van der Waals surface area contributed by atoms with Crippen LogP contribution in [0.15, 0.2) is 30.5 Å². The van der Waals surface area contributed by atoms with E-state index < -0.39 is 0 Å². The van der Waals surface area contributed by atoms with Gasteiger partial charge in [-0.3, -0.25) is 4.68 Å². The Bertz CT molecular complexity index is 830. The lowest BCUT2D eigenvalue weighted by molar-refractivity contribution is 0.782. The summed E-state index contributed by atoms with van der Waals surface area (Å²) in [5.74, 6) is 1.60. The van der Waals surface area contributed by atoms with E-state index in [1.54, 1.807) is 4.68 Å². The van der Waals surface area contributed by atoms with E-state index in [0.29, 0.717) is 0 Å². The molecule has 4 rings (SSSR count). The summed E-state index contributed by atoms with van der Waals surface area (Å²) in [6.07, 6.45) is 4.22. The largest absolute Gasteiger partial charge is 0.341 e. The van der Waals surface area contributed by atoms with Crippen LogP contribution >= 0.6 is 0 Å². The molecule has 0 amide bonds. The molecule has 2 aromatic heterocycles. The van der Waals surface area contributed by atoms with E-state index in [0.717, 1.165) is 41.6 Å². The molecule has 0 aliphatic carbocycles. The van der Waals surface area contributed by atoms with Crippen molar-refractivity contribution in [3.63, 3.8) is 0 Å². The number of nitrogens with zero attached hydrogens (tertiary/aromatic N) is 5. The van der Waals surface area contributed by atoms with Crippen LogP contribution in [0.1, 0.15) is 18.4 Å². The van der Waals surface area contributed by atoms with Crippen LogP contribution in [0.2, 0.25) is 0 Å². The molecule has 0 radical (unpaired) electrons. The fourth-order valence-corrected chi connectivity index (χ4v) is 2.94. The minimum Gasteiger partial charge on any atom is -0.341 e. The first kappa shape index (κ1) is 14.0. The Hall–Kier alpha value is -2.63. The van der Waals surface area contributed by atoms with Crippen LogP contribution in [0.4, 0.5) is 17.5 Å².